The number of carbonyl (C=O) groups excluding carboxylic acids is 1. The molecule has 1 aliphatic rings. The Balaban J connectivity index is 2.03. The lowest BCUT2D eigenvalue weighted by Gasteiger charge is -2.34. The molecule has 1 heterocycles. The summed E-state index contributed by atoms with van der Waals surface area (Å²) in [5.41, 5.74) is 5.88. The molecule has 0 aliphatic heterocycles. The van der Waals surface area contributed by atoms with E-state index in [-0.39, 0.29) is 11.9 Å². The number of nitrogens with two attached hydrogens (primary N) is 1. The second-order valence-corrected chi connectivity index (χ2v) is 4.54. The van der Waals surface area contributed by atoms with Crippen LogP contribution in [0.2, 0.25) is 0 Å². The molecule has 17 heavy (non-hydrogen) atoms. The fourth-order valence-electron chi connectivity index (χ4n) is 2.45. The molecule has 2 N–H and O–H groups in total. The molecule has 0 unspecified atom stereocenters. The van der Waals surface area contributed by atoms with E-state index in [4.69, 9.17) is 10.3 Å². The summed E-state index contributed by atoms with van der Waals surface area (Å²) in [5.74, 6) is 0.257. The molecule has 94 valence electrons. The van der Waals surface area contributed by atoms with Crippen LogP contribution in [-0.4, -0.2) is 34.6 Å². The van der Waals surface area contributed by atoms with Crippen LogP contribution in [-0.2, 0) is 0 Å². The maximum absolute atomic E-state index is 12.2. The van der Waals surface area contributed by atoms with E-state index in [0.717, 1.165) is 25.7 Å². The molecule has 0 spiro atoms. The molecule has 2 rings (SSSR count). The molecule has 0 bridgehead atoms. The Morgan fingerprint density at radius 2 is 2.24 bits per heavy atom. The van der Waals surface area contributed by atoms with E-state index in [1.165, 1.54) is 6.20 Å². The maximum atomic E-state index is 12.2. The van der Waals surface area contributed by atoms with Crippen molar-refractivity contribution in [3.63, 3.8) is 0 Å². The van der Waals surface area contributed by atoms with Gasteiger partial charge in [0.1, 0.15) is 0 Å². The van der Waals surface area contributed by atoms with Gasteiger partial charge in [-0.25, -0.2) is 0 Å². The second-order valence-electron chi connectivity index (χ2n) is 4.54. The van der Waals surface area contributed by atoms with Crippen molar-refractivity contribution in [2.45, 2.75) is 44.7 Å². The first kappa shape index (κ1) is 12.1. The Hall–Kier alpha value is -1.36. The zero-order valence-corrected chi connectivity index (χ0v) is 10.1. The Morgan fingerprint density at radius 3 is 2.76 bits per heavy atom. The van der Waals surface area contributed by atoms with Crippen molar-refractivity contribution in [1.82, 2.24) is 10.1 Å². The third-order valence-electron chi connectivity index (χ3n) is 3.43. The topological polar surface area (TPSA) is 72.4 Å². The van der Waals surface area contributed by atoms with Gasteiger partial charge in [-0.1, -0.05) is 5.16 Å². The number of aromatic nitrogens is 1. The average Bonchev–Trinajstić information content (AvgIpc) is 2.86. The quantitative estimate of drug-likeness (QED) is 0.862. The van der Waals surface area contributed by atoms with Crippen LogP contribution in [0.3, 0.4) is 0 Å². The molecule has 1 amide bonds. The minimum absolute atomic E-state index is 0.0644. The van der Waals surface area contributed by atoms with Gasteiger partial charge in [-0.2, -0.15) is 0 Å². The Bertz CT molecular complexity index is 356. The van der Waals surface area contributed by atoms with Gasteiger partial charge in [0.2, 0.25) is 5.76 Å². The molecular weight excluding hydrogens is 218 g/mol. The fraction of sp³-hybridized carbons (Fsp3) is 0.667. The van der Waals surface area contributed by atoms with Crippen LogP contribution in [0.25, 0.3) is 0 Å². The van der Waals surface area contributed by atoms with E-state index in [9.17, 15) is 4.79 Å². The SMILES string of the molecule is CCN(C(=O)c1ccno1)C1CCC(N)CC1. The first-order valence-corrected chi connectivity index (χ1v) is 6.19. The monoisotopic (exact) mass is 237 g/mol. The normalized spacial score (nSPS) is 24.6. The highest BCUT2D eigenvalue weighted by atomic mass is 16.5. The van der Waals surface area contributed by atoms with E-state index in [1.54, 1.807) is 6.07 Å². The lowest BCUT2D eigenvalue weighted by molar-refractivity contribution is 0.0599. The van der Waals surface area contributed by atoms with E-state index >= 15 is 0 Å². The minimum Gasteiger partial charge on any atom is -0.351 e. The van der Waals surface area contributed by atoms with Crippen molar-refractivity contribution in [2.24, 2.45) is 5.73 Å². The molecular formula is C12H19N3O2. The van der Waals surface area contributed by atoms with Crippen LogP contribution in [0, 0.1) is 0 Å². The Labute approximate surface area is 101 Å². The van der Waals surface area contributed by atoms with E-state index in [2.05, 4.69) is 5.16 Å². The fourth-order valence-corrected chi connectivity index (χ4v) is 2.45. The summed E-state index contributed by atoms with van der Waals surface area (Å²) in [6, 6.07) is 2.20. The summed E-state index contributed by atoms with van der Waals surface area (Å²) in [6.07, 6.45) is 5.44. The zero-order valence-electron chi connectivity index (χ0n) is 10.1. The smallest absolute Gasteiger partial charge is 0.292 e. The summed E-state index contributed by atoms with van der Waals surface area (Å²) in [7, 11) is 0. The second kappa shape index (κ2) is 5.31. The summed E-state index contributed by atoms with van der Waals surface area (Å²) in [5, 5.41) is 3.57. The van der Waals surface area contributed by atoms with Gasteiger partial charge < -0.3 is 15.2 Å². The van der Waals surface area contributed by atoms with Crippen molar-refractivity contribution < 1.29 is 9.32 Å². The van der Waals surface area contributed by atoms with Gasteiger partial charge in [-0.15, -0.1) is 0 Å². The molecule has 0 atom stereocenters. The van der Waals surface area contributed by atoms with Crippen molar-refractivity contribution in [3.8, 4) is 0 Å². The number of hydrogen-bond acceptors (Lipinski definition) is 4. The summed E-state index contributed by atoms with van der Waals surface area (Å²) >= 11 is 0. The number of amides is 1. The molecule has 0 aromatic carbocycles. The third kappa shape index (κ3) is 2.66. The van der Waals surface area contributed by atoms with Crippen LogP contribution in [0.1, 0.15) is 43.2 Å². The van der Waals surface area contributed by atoms with Gasteiger partial charge in [0.15, 0.2) is 0 Å². The van der Waals surface area contributed by atoms with Gasteiger partial charge in [0.05, 0.1) is 6.20 Å². The third-order valence-corrected chi connectivity index (χ3v) is 3.43. The number of rotatable bonds is 3. The Morgan fingerprint density at radius 1 is 1.53 bits per heavy atom. The molecule has 1 aliphatic carbocycles. The van der Waals surface area contributed by atoms with E-state index in [1.807, 2.05) is 11.8 Å². The predicted octanol–water partition coefficient (Wildman–Crippen LogP) is 1.41. The largest absolute Gasteiger partial charge is 0.351 e. The van der Waals surface area contributed by atoms with Gasteiger partial charge in [-0.05, 0) is 32.6 Å². The van der Waals surface area contributed by atoms with Gasteiger partial charge in [0.25, 0.3) is 5.91 Å². The predicted molar refractivity (Wildman–Crippen MR) is 63.4 cm³/mol. The molecule has 0 saturated heterocycles. The maximum Gasteiger partial charge on any atom is 0.292 e. The number of hydrogen-bond donors (Lipinski definition) is 1. The highest BCUT2D eigenvalue weighted by molar-refractivity contribution is 5.91. The van der Waals surface area contributed by atoms with Crippen molar-refractivity contribution in [3.05, 3.63) is 18.0 Å². The summed E-state index contributed by atoms with van der Waals surface area (Å²) < 4.78 is 4.92. The lowest BCUT2D eigenvalue weighted by atomic mass is 9.90. The molecule has 5 heteroatoms. The average molecular weight is 237 g/mol. The Kier molecular flexibility index (Phi) is 3.78. The van der Waals surface area contributed by atoms with Gasteiger partial charge in [0, 0.05) is 24.7 Å². The molecule has 0 radical (unpaired) electrons. The van der Waals surface area contributed by atoms with E-state index in [0.29, 0.717) is 18.3 Å². The van der Waals surface area contributed by atoms with Gasteiger partial charge in [-0.3, -0.25) is 4.79 Å². The first-order chi connectivity index (χ1) is 8.22. The number of nitrogens with zero attached hydrogens (tertiary/aromatic N) is 2. The summed E-state index contributed by atoms with van der Waals surface area (Å²) in [4.78, 5) is 14.0. The molecule has 1 saturated carbocycles. The van der Waals surface area contributed by atoms with Crippen LogP contribution >= 0.6 is 0 Å². The summed E-state index contributed by atoms with van der Waals surface area (Å²) in [6.45, 7) is 2.68. The highest BCUT2D eigenvalue weighted by Gasteiger charge is 2.28. The van der Waals surface area contributed by atoms with Crippen LogP contribution in [0.4, 0.5) is 0 Å². The molecule has 5 nitrogen and oxygen atoms in total. The van der Waals surface area contributed by atoms with Gasteiger partial charge >= 0.3 is 0 Å². The minimum atomic E-state index is -0.0644. The highest BCUT2D eigenvalue weighted by Crippen LogP contribution is 2.23. The van der Waals surface area contributed by atoms with E-state index < -0.39 is 0 Å². The van der Waals surface area contributed by atoms with Crippen molar-refractivity contribution in [2.75, 3.05) is 6.54 Å². The molecule has 1 fully saturated rings. The molecule has 1 aromatic heterocycles. The van der Waals surface area contributed by atoms with Crippen LogP contribution in [0.5, 0.6) is 0 Å². The van der Waals surface area contributed by atoms with Crippen molar-refractivity contribution >= 4 is 5.91 Å². The van der Waals surface area contributed by atoms with Crippen LogP contribution < -0.4 is 5.73 Å². The standard InChI is InChI=1S/C12H19N3O2/c1-2-15(10-5-3-9(13)4-6-10)12(16)11-7-8-14-17-11/h7-10H,2-6,13H2,1H3. The zero-order chi connectivity index (χ0) is 12.3. The number of carbonyl (C=O) groups is 1. The van der Waals surface area contributed by atoms with Crippen LogP contribution in [0.15, 0.2) is 16.8 Å². The first-order valence-electron chi connectivity index (χ1n) is 6.19. The molecule has 1 aromatic rings. The van der Waals surface area contributed by atoms with Crippen molar-refractivity contribution in [1.29, 1.82) is 0 Å². The lowest BCUT2D eigenvalue weighted by Crippen LogP contribution is -2.44.